The number of alkyl halides is 1. The minimum Gasteiger partial charge on any atom is -0.290 e. The Morgan fingerprint density at radius 2 is 1.26 bits per heavy atom. The molecular formula is C31H41FN2O3S2. The van der Waals surface area contributed by atoms with Gasteiger partial charge in [0.2, 0.25) is 15.3 Å². The van der Waals surface area contributed by atoms with Gasteiger partial charge in [-0.15, -0.1) is 0 Å². The first-order valence-corrected chi connectivity index (χ1v) is 16.0. The number of nitrogens with zero attached hydrogens (tertiary/aromatic N) is 1. The highest BCUT2D eigenvalue weighted by molar-refractivity contribution is 7.92. The first-order valence-electron chi connectivity index (χ1n) is 13.3. The van der Waals surface area contributed by atoms with Crippen molar-refractivity contribution >= 4 is 20.8 Å². The highest BCUT2D eigenvalue weighted by atomic mass is 32.2. The Hall–Kier alpha value is -2.39. The Kier molecular flexibility index (Phi) is 11.0. The van der Waals surface area contributed by atoms with Gasteiger partial charge in [0.15, 0.2) is 0 Å². The molecule has 0 amide bonds. The van der Waals surface area contributed by atoms with Gasteiger partial charge in [0, 0.05) is 19.1 Å². The number of halogens is 1. The zero-order valence-electron chi connectivity index (χ0n) is 23.5. The van der Waals surface area contributed by atoms with E-state index in [1.807, 2.05) is 74.5 Å². The topological polar surface area (TPSA) is 66.5 Å². The van der Waals surface area contributed by atoms with Gasteiger partial charge in [0.25, 0.3) is 0 Å². The number of sulfone groups is 1. The van der Waals surface area contributed by atoms with E-state index in [1.54, 1.807) is 39.0 Å². The lowest BCUT2D eigenvalue weighted by molar-refractivity contribution is 0.109. The van der Waals surface area contributed by atoms with Crippen molar-refractivity contribution in [2.24, 2.45) is 5.92 Å². The summed E-state index contributed by atoms with van der Waals surface area (Å²) in [5, 5.41) is 0. The van der Waals surface area contributed by atoms with Crippen LogP contribution in [0.5, 0.6) is 0 Å². The molecule has 212 valence electrons. The predicted molar refractivity (Wildman–Crippen MR) is 159 cm³/mol. The standard InChI is InChI=1S/C31H41FN2O3S2/c1-24(2)21-28(34(22-25-15-9-6-10-16-25)23-26-17-11-7-12-18-26)29(33-38(35)31(3,4)5)30(32)39(36,37)27-19-13-8-14-20-27/h6-20,24,28-30,33H,21-23H2,1-5H3/t28-,29-,30-,38+/m0/s1. The second kappa shape index (κ2) is 13.8. The zero-order valence-corrected chi connectivity index (χ0v) is 25.1. The molecule has 3 aromatic carbocycles. The molecule has 0 bridgehead atoms. The monoisotopic (exact) mass is 572 g/mol. The summed E-state index contributed by atoms with van der Waals surface area (Å²) < 4.78 is 59.4. The van der Waals surface area contributed by atoms with Crippen LogP contribution in [0.25, 0.3) is 0 Å². The van der Waals surface area contributed by atoms with Crippen LogP contribution < -0.4 is 4.72 Å². The quantitative estimate of drug-likeness (QED) is 0.261. The highest BCUT2D eigenvalue weighted by Crippen LogP contribution is 2.29. The Balaban J connectivity index is 2.13. The Morgan fingerprint density at radius 1 is 0.821 bits per heavy atom. The molecule has 0 aliphatic carbocycles. The fourth-order valence-electron chi connectivity index (χ4n) is 4.47. The van der Waals surface area contributed by atoms with Crippen molar-refractivity contribution in [3.8, 4) is 0 Å². The molecule has 0 heterocycles. The van der Waals surface area contributed by atoms with Gasteiger partial charge in [0.05, 0.1) is 26.7 Å². The fourth-order valence-corrected chi connectivity index (χ4v) is 6.87. The molecule has 0 fully saturated rings. The molecule has 39 heavy (non-hydrogen) atoms. The minimum absolute atomic E-state index is 0.0909. The van der Waals surface area contributed by atoms with E-state index in [-0.39, 0.29) is 10.8 Å². The van der Waals surface area contributed by atoms with Crippen molar-refractivity contribution in [2.75, 3.05) is 0 Å². The van der Waals surface area contributed by atoms with Crippen LogP contribution in [0, 0.1) is 5.92 Å². The Labute approximate surface area is 236 Å². The molecule has 0 unspecified atom stereocenters. The highest BCUT2D eigenvalue weighted by Gasteiger charge is 2.43. The summed E-state index contributed by atoms with van der Waals surface area (Å²) in [7, 11) is -6.08. The maximum absolute atomic E-state index is 16.6. The molecule has 3 aromatic rings. The van der Waals surface area contributed by atoms with Gasteiger partial charge < -0.3 is 0 Å². The van der Waals surface area contributed by atoms with Crippen molar-refractivity contribution in [1.82, 2.24) is 9.62 Å². The summed E-state index contributed by atoms with van der Waals surface area (Å²) in [5.74, 6) is 0.128. The van der Waals surface area contributed by atoms with Gasteiger partial charge in [-0.2, -0.15) is 0 Å². The third kappa shape index (κ3) is 8.80. The molecular weight excluding hydrogens is 531 g/mol. The van der Waals surface area contributed by atoms with Crippen LogP contribution in [-0.2, 0) is 33.9 Å². The molecule has 0 aromatic heterocycles. The summed E-state index contributed by atoms with van der Waals surface area (Å²) in [5.41, 5.74) is -0.262. The molecule has 0 spiro atoms. The third-order valence-electron chi connectivity index (χ3n) is 6.50. The lowest BCUT2D eigenvalue weighted by Gasteiger charge is -2.40. The molecule has 0 saturated heterocycles. The van der Waals surface area contributed by atoms with Crippen molar-refractivity contribution in [3.05, 3.63) is 102 Å². The normalized spacial score (nSPS) is 15.7. The fraction of sp³-hybridized carbons (Fsp3) is 0.419. The van der Waals surface area contributed by atoms with Crippen molar-refractivity contribution < 1.29 is 17.0 Å². The van der Waals surface area contributed by atoms with E-state index in [4.69, 9.17) is 0 Å². The van der Waals surface area contributed by atoms with E-state index in [0.717, 1.165) is 11.1 Å². The molecule has 4 atom stereocenters. The van der Waals surface area contributed by atoms with E-state index in [0.29, 0.717) is 19.5 Å². The maximum atomic E-state index is 16.6. The van der Waals surface area contributed by atoms with Gasteiger partial charge >= 0.3 is 0 Å². The summed E-state index contributed by atoms with van der Waals surface area (Å²) in [6, 6.07) is 25.6. The summed E-state index contributed by atoms with van der Waals surface area (Å²) in [6.07, 6.45) is 0.503. The summed E-state index contributed by atoms with van der Waals surface area (Å²) >= 11 is 0. The average Bonchev–Trinajstić information content (AvgIpc) is 2.90. The van der Waals surface area contributed by atoms with Gasteiger partial charge in [-0.05, 0) is 56.4 Å². The smallest absolute Gasteiger partial charge is 0.222 e. The van der Waals surface area contributed by atoms with Crippen molar-refractivity contribution in [2.45, 2.75) is 81.4 Å². The van der Waals surface area contributed by atoms with Gasteiger partial charge in [-0.25, -0.2) is 21.7 Å². The molecule has 0 radical (unpaired) electrons. The van der Waals surface area contributed by atoms with Gasteiger partial charge in [-0.1, -0.05) is 92.7 Å². The number of hydrogen-bond donors (Lipinski definition) is 1. The van der Waals surface area contributed by atoms with Gasteiger partial charge in [-0.3, -0.25) is 4.90 Å². The number of nitrogens with one attached hydrogen (secondary N) is 1. The van der Waals surface area contributed by atoms with E-state index < -0.39 is 43.2 Å². The summed E-state index contributed by atoms with van der Waals surface area (Å²) in [4.78, 5) is 2.03. The average molecular weight is 573 g/mol. The molecule has 5 nitrogen and oxygen atoms in total. The lowest BCUT2D eigenvalue weighted by atomic mass is 9.95. The zero-order chi connectivity index (χ0) is 28.6. The minimum atomic E-state index is -4.38. The second-order valence-corrected chi connectivity index (χ2v) is 15.3. The predicted octanol–water partition coefficient (Wildman–Crippen LogP) is 6.29. The van der Waals surface area contributed by atoms with Crippen molar-refractivity contribution in [1.29, 1.82) is 0 Å². The van der Waals surface area contributed by atoms with E-state index in [9.17, 15) is 12.6 Å². The summed E-state index contributed by atoms with van der Waals surface area (Å²) in [6.45, 7) is 10.4. The molecule has 3 rings (SSSR count). The van der Waals surface area contributed by atoms with Crippen LogP contribution in [0.15, 0.2) is 95.9 Å². The second-order valence-electron chi connectivity index (χ2n) is 11.3. The number of rotatable bonds is 13. The lowest BCUT2D eigenvalue weighted by Crippen LogP contribution is -2.58. The van der Waals surface area contributed by atoms with Gasteiger partial charge in [0.1, 0.15) is 0 Å². The van der Waals surface area contributed by atoms with Crippen LogP contribution >= 0.6 is 0 Å². The maximum Gasteiger partial charge on any atom is 0.222 e. The third-order valence-corrected chi connectivity index (χ3v) is 9.92. The molecule has 0 aliphatic heterocycles. The van der Waals surface area contributed by atoms with Crippen LogP contribution in [-0.4, -0.2) is 39.9 Å². The molecule has 0 saturated carbocycles. The van der Waals surface area contributed by atoms with Crippen LogP contribution in [0.1, 0.15) is 52.2 Å². The number of hydrogen-bond acceptors (Lipinski definition) is 4. The van der Waals surface area contributed by atoms with E-state index >= 15 is 4.39 Å². The number of benzene rings is 3. The largest absolute Gasteiger partial charge is 0.290 e. The molecule has 8 heteroatoms. The Morgan fingerprint density at radius 3 is 1.67 bits per heavy atom. The van der Waals surface area contributed by atoms with Crippen LogP contribution in [0.4, 0.5) is 4.39 Å². The molecule has 0 aliphatic rings. The van der Waals surface area contributed by atoms with E-state index in [2.05, 4.69) is 9.62 Å². The molecule has 1 N–H and O–H groups in total. The van der Waals surface area contributed by atoms with E-state index in [1.165, 1.54) is 12.1 Å². The Bertz CT molecular complexity index is 1240. The first-order chi connectivity index (χ1) is 18.4. The SMILES string of the molecule is CC(C)C[C@@H]([C@H](N[S@](=O)C(C)(C)C)[C@@H](F)S(=O)(=O)c1ccccc1)N(Cc1ccccc1)Cc1ccccc1. The van der Waals surface area contributed by atoms with Crippen molar-refractivity contribution in [3.63, 3.8) is 0 Å². The first kappa shape index (κ1) is 31.1. The van der Waals surface area contributed by atoms with Crippen LogP contribution in [0.3, 0.4) is 0 Å². The van der Waals surface area contributed by atoms with Crippen LogP contribution in [0.2, 0.25) is 0 Å².